The first-order chi connectivity index (χ1) is 15.2. The summed E-state index contributed by atoms with van der Waals surface area (Å²) in [5, 5.41) is 2.82. The molecular weight excluding hydrogens is 433 g/mol. The van der Waals surface area contributed by atoms with E-state index in [1.165, 1.54) is 19.2 Å². The number of morpholine rings is 1. The fraction of sp³-hybridized carbons (Fsp3) is 0.435. The van der Waals surface area contributed by atoms with Crippen molar-refractivity contribution in [3.63, 3.8) is 0 Å². The summed E-state index contributed by atoms with van der Waals surface area (Å²) >= 11 is 0. The number of sulfonamides is 1. The van der Waals surface area contributed by atoms with Gasteiger partial charge in [0.2, 0.25) is 15.9 Å². The number of benzene rings is 2. The van der Waals surface area contributed by atoms with Crippen LogP contribution in [0.5, 0.6) is 0 Å². The first-order valence-corrected chi connectivity index (χ1v) is 12.0. The van der Waals surface area contributed by atoms with Gasteiger partial charge in [-0.1, -0.05) is 18.2 Å². The summed E-state index contributed by atoms with van der Waals surface area (Å²) in [4.78, 5) is 14.9. The molecule has 0 aliphatic carbocycles. The van der Waals surface area contributed by atoms with Gasteiger partial charge in [0.15, 0.2) is 0 Å². The molecule has 174 valence electrons. The van der Waals surface area contributed by atoms with Gasteiger partial charge in [-0.25, -0.2) is 12.8 Å². The maximum atomic E-state index is 13.8. The molecule has 1 N–H and O–H groups in total. The third-order valence-corrected chi connectivity index (χ3v) is 7.56. The Labute approximate surface area is 189 Å². The maximum Gasteiger partial charge on any atom is 0.243 e. The van der Waals surface area contributed by atoms with Crippen LogP contribution < -0.4 is 5.32 Å². The smallest absolute Gasteiger partial charge is 0.243 e. The molecule has 0 spiro atoms. The predicted molar refractivity (Wildman–Crippen MR) is 120 cm³/mol. The first-order valence-electron chi connectivity index (χ1n) is 10.6. The molecule has 7 nitrogen and oxygen atoms in total. The summed E-state index contributed by atoms with van der Waals surface area (Å²) in [5.41, 5.74) is 2.62. The first kappa shape index (κ1) is 24.3. The topological polar surface area (TPSA) is 79.0 Å². The van der Waals surface area contributed by atoms with Crippen LogP contribution in [0.3, 0.4) is 0 Å². The average molecular weight is 464 g/mol. The molecule has 3 rings (SSSR count). The number of ether oxygens (including phenoxy) is 1. The number of likely N-dealkylation sites (N-methyl/N-ethyl adjacent to an activating group) is 1. The SMILES string of the molecule is Cc1ccc(S(=O)(=O)N(C)CC(=O)NCC(c2cccc(F)c2)N2CCOCC2)cc1C. The lowest BCUT2D eigenvalue weighted by molar-refractivity contribution is -0.121. The molecule has 0 bridgehead atoms. The normalized spacial score (nSPS) is 16.2. The summed E-state index contributed by atoms with van der Waals surface area (Å²) in [6, 6.07) is 11.0. The number of hydrogen-bond acceptors (Lipinski definition) is 5. The summed E-state index contributed by atoms with van der Waals surface area (Å²) in [6.07, 6.45) is 0. The Bertz CT molecular complexity index is 1050. The number of nitrogens with zero attached hydrogens (tertiary/aromatic N) is 2. The number of hydrogen-bond donors (Lipinski definition) is 1. The summed E-state index contributed by atoms with van der Waals surface area (Å²) in [5.74, 6) is -0.763. The molecular formula is C23H30FN3O4S. The van der Waals surface area contributed by atoms with Gasteiger partial charge in [-0.3, -0.25) is 9.69 Å². The van der Waals surface area contributed by atoms with E-state index < -0.39 is 15.9 Å². The number of carbonyl (C=O) groups excluding carboxylic acids is 1. The van der Waals surface area contributed by atoms with Gasteiger partial charge < -0.3 is 10.1 Å². The minimum absolute atomic E-state index is 0.154. The van der Waals surface area contributed by atoms with E-state index in [2.05, 4.69) is 10.2 Å². The molecule has 1 aliphatic rings. The van der Waals surface area contributed by atoms with Gasteiger partial charge in [0.25, 0.3) is 0 Å². The molecule has 2 aromatic carbocycles. The Hall–Kier alpha value is -2.33. The van der Waals surface area contributed by atoms with Crippen molar-refractivity contribution in [1.82, 2.24) is 14.5 Å². The van der Waals surface area contributed by atoms with E-state index in [1.807, 2.05) is 19.9 Å². The van der Waals surface area contributed by atoms with Gasteiger partial charge in [0.1, 0.15) is 5.82 Å². The van der Waals surface area contributed by atoms with Crippen LogP contribution in [0.4, 0.5) is 4.39 Å². The van der Waals surface area contributed by atoms with E-state index >= 15 is 0 Å². The predicted octanol–water partition coefficient (Wildman–Crippen LogP) is 2.25. The fourth-order valence-corrected chi connectivity index (χ4v) is 4.88. The average Bonchev–Trinajstić information content (AvgIpc) is 2.76. The van der Waals surface area contributed by atoms with Gasteiger partial charge in [0.05, 0.1) is 30.7 Å². The molecule has 1 aliphatic heterocycles. The number of carbonyl (C=O) groups is 1. The molecule has 1 atom stereocenters. The Morgan fingerprint density at radius 3 is 2.53 bits per heavy atom. The zero-order valence-electron chi connectivity index (χ0n) is 18.7. The zero-order valence-corrected chi connectivity index (χ0v) is 19.5. The lowest BCUT2D eigenvalue weighted by Crippen LogP contribution is -2.45. The maximum absolute atomic E-state index is 13.8. The van der Waals surface area contributed by atoms with E-state index in [1.54, 1.807) is 24.3 Å². The molecule has 1 amide bonds. The third-order valence-electron chi connectivity index (χ3n) is 5.77. The summed E-state index contributed by atoms with van der Waals surface area (Å²) in [6.45, 7) is 6.14. The molecule has 0 saturated carbocycles. The highest BCUT2D eigenvalue weighted by Gasteiger charge is 2.26. The van der Waals surface area contributed by atoms with Gasteiger partial charge in [0, 0.05) is 26.7 Å². The molecule has 1 saturated heterocycles. The zero-order chi connectivity index (χ0) is 23.3. The highest BCUT2D eigenvalue weighted by Crippen LogP contribution is 2.22. The Balaban J connectivity index is 1.67. The molecule has 2 aromatic rings. The van der Waals surface area contributed by atoms with Crippen LogP contribution in [0.1, 0.15) is 22.7 Å². The van der Waals surface area contributed by atoms with Crippen LogP contribution in [-0.2, 0) is 19.6 Å². The van der Waals surface area contributed by atoms with Crippen LogP contribution in [0, 0.1) is 19.7 Å². The van der Waals surface area contributed by atoms with Crippen LogP contribution in [0.25, 0.3) is 0 Å². The molecule has 0 aromatic heterocycles. The van der Waals surface area contributed by atoms with Gasteiger partial charge in [-0.2, -0.15) is 4.31 Å². The second kappa shape index (κ2) is 10.5. The van der Waals surface area contributed by atoms with Crippen LogP contribution in [0.2, 0.25) is 0 Å². The standard InChI is InChI=1S/C23H30FN3O4S/c1-17-7-8-21(13-18(17)2)32(29,30)26(3)16-23(28)25-15-22(27-9-11-31-12-10-27)19-5-4-6-20(24)14-19/h4-8,13-14,22H,9-12,15-16H2,1-3H3,(H,25,28). The second-order valence-corrected chi connectivity index (χ2v) is 10.1. The Kier molecular flexibility index (Phi) is 8.00. The van der Waals surface area contributed by atoms with Crippen molar-refractivity contribution in [1.29, 1.82) is 0 Å². The molecule has 1 unspecified atom stereocenters. The van der Waals surface area contributed by atoms with Crippen molar-refractivity contribution in [2.45, 2.75) is 24.8 Å². The van der Waals surface area contributed by atoms with Crippen molar-refractivity contribution in [3.8, 4) is 0 Å². The van der Waals surface area contributed by atoms with Crippen LogP contribution in [-0.4, -0.2) is 70.0 Å². The summed E-state index contributed by atoms with van der Waals surface area (Å²) in [7, 11) is -2.41. The minimum Gasteiger partial charge on any atom is -0.379 e. The highest BCUT2D eigenvalue weighted by molar-refractivity contribution is 7.89. The molecule has 1 heterocycles. The quantitative estimate of drug-likeness (QED) is 0.650. The second-order valence-electron chi connectivity index (χ2n) is 8.03. The number of nitrogens with one attached hydrogen (secondary N) is 1. The van der Waals surface area contributed by atoms with Crippen molar-refractivity contribution in [2.24, 2.45) is 0 Å². The fourth-order valence-electron chi connectivity index (χ4n) is 3.67. The van der Waals surface area contributed by atoms with E-state index in [9.17, 15) is 17.6 Å². The number of rotatable bonds is 8. The van der Waals surface area contributed by atoms with Crippen molar-refractivity contribution >= 4 is 15.9 Å². The van der Waals surface area contributed by atoms with Gasteiger partial charge in [-0.05, 0) is 54.8 Å². The van der Waals surface area contributed by atoms with Crippen molar-refractivity contribution in [3.05, 3.63) is 65.0 Å². The van der Waals surface area contributed by atoms with E-state index in [4.69, 9.17) is 4.74 Å². The molecule has 1 fully saturated rings. The lowest BCUT2D eigenvalue weighted by atomic mass is 10.0. The highest BCUT2D eigenvalue weighted by atomic mass is 32.2. The Morgan fingerprint density at radius 2 is 1.88 bits per heavy atom. The monoisotopic (exact) mass is 463 g/mol. The molecule has 9 heteroatoms. The van der Waals surface area contributed by atoms with Crippen LogP contribution in [0.15, 0.2) is 47.4 Å². The molecule has 32 heavy (non-hydrogen) atoms. The lowest BCUT2D eigenvalue weighted by Gasteiger charge is -2.35. The summed E-state index contributed by atoms with van der Waals surface area (Å²) < 4.78 is 46.0. The minimum atomic E-state index is -3.79. The molecule has 0 radical (unpaired) electrons. The van der Waals surface area contributed by atoms with E-state index in [0.717, 1.165) is 21.0 Å². The third kappa shape index (κ3) is 5.92. The van der Waals surface area contributed by atoms with Crippen LogP contribution >= 0.6 is 0 Å². The number of aryl methyl sites for hydroxylation is 2. The number of halogens is 1. The van der Waals surface area contributed by atoms with Gasteiger partial charge in [-0.15, -0.1) is 0 Å². The number of amides is 1. The Morgan fingerprint density at radius 1 is 1.16 bits per heavy atom. The van der Waals surface area contributed by atoms with Crippen molar-refractivity contribution < 1.29 is 22.3 Å². The van der Waals surface area contributed by atoms with Gasteiger partial charge >= 0.3 is 0 Å². The largest absolute Gasteiger partial charge is 0.379 e. The van der Waals surface area contributed by atoms with Crippen molar-refractivity contribution in [2.75, 3.05) is 46.4 Å². The van der Waals surface area contributed by atoms with E-state index in [-0.39, 0.29) is 29.8 Å². The van der Waals surface area contributed by atoms with E-state index in [0.29, 0.717) is 26.3 Å².